The monoisotopic (exact) mass is 393 g/mol. The lowest BCUT2D eigenvalue weighted by Gasteiger charge is -2.10. The lowest BCUT2D eigenvalue weighted by atomic mass is 10.2. The molecule has 0 fully saturated rings. The van der Waals surface area contributed by atoms with Crippen molar-refractivity contribution in [3.63, 3.8) is 0 Å². The van der Waals surface area contributed by atoms with Gasteiger partial charge in [0, 0.05) is 21.6 Å². The van der Waals surface area contributed by atoms with Crippen LogP contribution in [0, 0.1) is 11.6 Å². The molecule has 3 rings (SSSR count). The number of H-pyrrole nitrogens is 1. The van der Waals surface area contributed by atoms with Crippen molar-refractivity contribution in [2.45, 2.75) is 0 Å². The molecular formula is C16H10BrF2N3O2. The molecule has 122 valence electrons. The van der Waals surface area contributed by atoms with Crippen LogP contribution in [0.4, 0.5) is 25.0 Å². The van der Waals surface area contributed by atoms with E-state index in [-0.39, 0.29) is 16.9 Å². The minimum absolute atomic E-state index is 0.0127. The zero-order chi connectivity index (χ0) is 17.3. The highest BCUT2D eigenvalue weighted by atomic mass is 79.9. The average molecular weight is 394 g/mol. The fourth-order valence-electron chi connectivity index (χ4n) is 2.17. The Bertz CT molecular complexity index is 1000. The number of rotatable bonds is 2. The number of fused-ring (bicyclic) bond motifs is 1. The topological polar surface area (TPSA) is 74.0 Å². The summed E-state index contributed by atoms with van der Waals surface area (Å²) >= 11 is 3.12. The van der Waals surface area contributed by atoms with Gasteiger partial charge in [0.2, 0.25) is 5.56 Å². The Labute approximate surface area is 142 Å². The van der Waals surface area contributed by atoms with Crippen molar-refractivity contribution in [3.8, 4) is 0 Å². The van der Waals surface area contributed by atoms with Gasteiger partial charge < -0.3 is 15.6 Å². The quantitative estimate of drug-likeness (QED) is 0.609. The minimum atomic E-state index is -0.723. The van der Waals surface area contributed by atoms with Crippen molar-refractivity contribution < 1.29 is 13.6 Å². The summed E-state index contributed by atoms with van der Waals surface area (Å²) in [5.74, 6) is -1.29. The van der Waals surface area contributed by atoms with Gasteiger partial charge in [0.25, 0.3) is 0 Å². The van der Waals surface area contributed by atoms with Crippen molar-refractivity contribution in [1.29, 1.82) is 0 Å². The van der Waals surface area contributed by atoms with E-state index in [4.69, 9.17) is 0 Å². The molecule has 8 heteroatoms. The van der Waals surface area contributed by atoms with Crippen LogP contribution < -0.4 is 16.2 Å². The van der Waals surface area contributed by atoms with Crippen molar-refractivity contribution in [2.75, 3.05) is 10.6 Å². The van der Waals surface area contributed by atoms with Gasteiger partial charge in [-0.1, -0.05) is 15.9 Å². The number of halogens is 3. The molecule has 0 bridgehead atoms. The van der Waals surface area contributed by atoms with E-state index in [1.165, 1.54) is 30.3 Å². The number of carbonyl (C=O) groups excluding carboxylic acids is 1. The first-order chi connectivity index (χ1) is 11.4. The molecule has 0 aliphatic carbocycles. The molecule has 0 saturated carbocycles. The molecule has 0 aliphatic heterocycles. The number of hydrogen-bond acceptors (Lipinski definition) is 2. The summed E-state index contributed by atoms with van der Waals surface area (Å²) in [6.07, 6.45) is 0. The number of aromatic amines is 1. The number of carbonyl (C=O) groups is 1. The van der Waals surface area contributed by atoms with Crippen LogP contribution in [0.5, 0.6) is 0 Å². The Morgan fingerprint density at radius 2 is 1.79 bits per heavy atom. The van der Waals surface area contributed by atoms with Gasteiger partial charge in [-0.15, -0.1) is 0 Å². The first-order valence-electron chi connectivity index (χ1n) is 6.78. The normalized spacial score (nSPS) is 10.6. The standard InChI is InChI=1S/C16H10BrF2N3O2/c17-9-2-3-13(11(18)6-9)21-16(24)20-10-5-8-1-4-14(23)22-15(8)12(19)7-10/h1-7H,(H,22,23)(H2,20,21,24). The summed E-state index contributed by atoms with van der Waals surface area (Å²) in [6.45, 7) is 0. The maximum Gasteiger partial charge on any atom is 0.323 e. The Hall–Kier alpha value is -2.74. The Balaban J connectivity index is 1.82. The second-order valence-corrected chi connectivity index (χ2v) is 5.86. The summed E-state index contributed by atoms with van der Waals surface area (Å²) in [5, 5.41) is 5.17. The molecule has 1 heterocycles. The molecule has 0 radical (unpaired) electrons. The molecule has 2 aromatic carbocycles. The molecule has 3 N–H and O–H groups in total. The second-order valence-electron chi connectivity index (χ2n) is 4.95. The Morgan fingerprint density at radius 3 is 2.54 bits per heavy atom. The van der Waals surface area contributed by atoms with Gasteiger partial charge in [0.1, 0.15) is 11.6 Å². The third-order valence-corrected chi connectivity index (χ3v) is 3.71. The van der Waals surface area contributed by atoms with Gasteiger partial charge in [-0.2, -0.15) is 0 Å². The predicted octanol–water partition coefficient (Wildman–Crippen LogP) is 4.21. The fraction of sp³-hybridized carbons (Fsp3) is 0. The highest BCUT2D eigenvalue weighted by molar-refractivity contribution is 9.10. The van der Waals surface area contributed by atoms with Crippen LogP contribution in [-0.4, -0.2) is 11.0 Å². The zero-order valence-corrected chi connectivity index (χ0v) is 13.6. The smallest absolute Gasteiger partial charge is 0.319 e. The van der Waals surface area contributed by atoms with E-state index in [0.29, 0.717) is 9.86 Å². The van der Waals surface area contributed by atoms with Gasteiger partial charge in [-0.05, 0) is 36.4 Å². The maximum atomic E-state index is 14.0. The minimum Gasteiger partial charge on any atom is -0.319 e. The molecule has 0 aliphatic rings. The van der Waals surface area contributed by atoms with Gasteiger partial charge in [-0.25, -0.2) is 13.6 Å². The van der Waals surface area contributed by atoms with E-state index in [1.54, 1.807) is 6.07 Å². The summed E-state index contributed by atoms with van der Waals surface area (Å²) in [7, 11) is 0. The summed E-state index contributed by atoms with van der Waals surface area (Å²) in [6, 6.07) is 8.70. The number of urea groups is 1. The van der Waals surface area contributed by atoms with Crippen LogP contribution in [0.1, 0.15) is 0 Å². The molecule has 3 aromatic rings. The number of pyridine rings is 1. The van der Waals surface area contributed by atoms with E-state index in [2.05, 4.69) is 31.5 Å². The van der Waals surface area contributed by atoms with Crippen LogP contribution in [0.15, 0.2) is 51.7 Å². The lowest BCUT2D eigenvalue weighted by molar-refractivity contribution is 0.262. The van der Waals surface area contributed by atoms with Crippen LogP contribution in [0.25, 0.3) is 10.9 Å². The van der Waals surface area contributed by atoms with E-state index in [9.17, 15) is 18.4 Å². The van der Waals surface area contributed by atoms with Gasteiger partial charge in [0.15, 0.2) is 0 Å². The molecule has 1 aromatic heterocycles. The van der Waals surface area contributed by atoms with Gasteiger partial charge in [0.05, 0.1) is 11.2 Å². The third-order valence-electron chi connectivity index (χ3n) is 3.22. The predicted molar refractivity (Wildman–Crippen MR) is 91.3 cm³/mol. The summed E-state index contributed by atoms with van der Waals surface area (Å²) in [4.78, 5) is 25.5. The number of aromatic nitrogens is 1. The lowest BCUT2D eigenvalue weighted by Crippen LogP contribution is -2.20. The third kappa shape index (κ3) is 3.43. The largest absolute Gasteiger partial charge is 0.323 e. The zero-order valence-electron chi connectivity index (χ0n) is 12.0. The molecule has 2 amide bonds. The second kappa shape index (κ2) is 6.40. The number of nitrogens with one attached hydrogen (secondary N) is 3. The first kappa shape index (κ1) is 16.1. The average Bonchev–Trinajstić information content (AvgIpc) is 2.51. The van der Waals surface area contributed by atoms with Crippen LogP contribution in [0.3, 0.4) is 0 Å². The van der Waals surface area contributed by atoms with E-state index in [0.717, 1.165) is 6.07 Å². The fourth-order valence-corrected chi connectivity index (χ4v) is 2.50. The summed E-state index contributed by atoms with van der Waals surface area (Å²) < 4.78 is 28.2. The number of anilines is 2. The van der Waals surface area contributed by atoms with E-state index >= 15 is 0 Å². The molecule has 0 spiro atoms. The van der Waals surface area contributed by atoms with Crippen LogP contribution in [0.2, 0.25) is 0 Å². The van der Waals surface area contributed by atoms with Crippen molar-refractivity contribution in [1.82, 2.24) is 4.98 Å². The van der Waals surface area contributed by atoms with E-state index in [1.807, 2.05) is 0 Å². The van der Waals surface area contributed by atoms with E-state index < -0.39 is 23.2 Å². The molecule has 0 atom stereocenters. The van der Waals surface area contributed by atoms with Gasteiger partial charge in [-0.3, -0.25) is 4.79 Å². The summed E-state index contributed by atoms with van der Waals surface area (Å²) in [5.41, 5.74) is -0.221. The van der Waals surface area contributed by atoms with Gasteiger partial charge >= 0.3 is 6.03 Å². The van der Waals surface area contributed by atoms with Crippen molar-refractivity contribution >= 4 is 44.2 Å². The Kier molecular flexibility index (Phi) is 4.30. The maximum absolute atomic E-state index is 14.0. The number of amides is 2. The molecule has 5 nitrogen and oxygen atoms in total. The number of benzene rings is 2. The van der Waals surface area contributed by atoms with Crippen LogP contribution >= 0.6 is 15.9 Å². The number of hydrogen-bond donors (Lipinski definition) is 3. The Morgan fingerprint density at radius 1 is 1.00 bits per heavy atom. The first-order valence-corrected chi connectivity index (χ1v) is 7.57. The van der Waals surface area contributed by atoms with Crippen LogP contribution in [-0.2, 0) is 0 Å². The SMILES string of the molecule is O=C(Nc1cc(F)c2[nH]c(=O)ccc2c1)Nc1ccc(Br)cc1F. The van der Waals surface area contributed by atoms with Crippen molar-refractivity contribution in [2.24, 2.45) is 0 Å². The highest BCUT2D eigenvalue weighted by Gasteiger charge is 2.10. The molecular weight excluding hydrogens is 384 g/mol. The molecule has 0 unspecified atom stereocenters. The molecule has 24 heavy (non-hydrogen) atoms. The molecule has 0 saturated heterocycles. The van der Waals surface area contributed by atoms with Crippen molar-refractivity contribution in [3.05, 3.63) is 68.9 Å². The highest BCUT2D eigenvalue weighted by Crippen LogP contribution is 2.22.